The lowest BCUT2D eigenvalue weighted by Gasteiger charge is -2.21. The van der Waals surface area contributed by atoms with E-state index in [1.54, 1.807) is 0 Å². The van der Waals surface area contributed by atoms with E-state index in [-0.39, 0.29) is 28.7 Å². The van der Waals surface area contributed by atoms with Crippen LogP contribution in [0.15, 0.2) is 36.4 Å². The van der Waals surface area contributed by atoms with Crippen LogP contribution in [0, 0.1) is 10.1 Å². The van der Waals surface area contributed by atoms with Gasteiger partial charge in [0.2, 0.25) is 0 Å². The van der Waals surface area contributed by atoms with E-state index < -0.39 is 10.8 Å². The second-order valence-corrected chi connectivity index (χ2v) is 8.54. The van der Waals surface area contributed by atoms with Gasteiger partial charge in [0, 0.05) is 17.6 Å². The zero-order chi connectivity index (χ0) is 22.5. The first-order valence-corrected chi connectivity index (χ1v) is 10.9. The number of thiazole rings is 1. The second-order valence-electron chi connectivity index (χ2n) is 7.09. The number of anilines is 1. The van der Waals surface area contributed by atoms with Gasteiger partial charge in [-0.3, -0.25) is 19.8 Å². The predicted molar refractivity (Wildman–Crippen MR) is 131 cm³/mol. The molecule has 0 fully saturated rings. The van der Waals surface area contributed by atoms with Crippen LogP contribution in [0.1, 0.15) is 23.7 Å². The Kier molecular flexibility index (Phi) is 9.21. The molecular formula is C21H24Cl2N4O4S. The van der Waals surface area contributed by atoms with E-state index in [0.29, 0.717) is 24.7 Å². The summed E-state index contributed by atoms with van der Waals surface area (Å²) in [5, 5.41) is 12.2. The summed E-state index contributed by atoms with van der Waals surface area (Å²) in [6, 6.07) is 9.53. The summed E-state index contributed by atoms with van der Waals surface area (Å²) in [5.74, 6) is 0.221. The van der Waals surface area contributed by atoms with Crippen molar-refractivity contribution in [2.75, 3.05) is 38.7 Å². The van der Waals surface area contributed by atoms with Crippen LogP contribution in [-0.2, 0) is 0 Å². The van der Waals surface area contributed by atoms with Crippen LogP contribution < -0.4 is 9.64 Å². The number of halogens is 2. The Morgan fingerprint density at radius 1 is 1.22 bits per heavy atom. The highest BCUT2D eigenvalue weighted by Crippen LogP contribution is 2.33. The molecule has 0 saturated carbocycles. The van der Waals surface area contributed by atoms with Crippen LogP contribution in [-0.4, -0.2) is 54.5 Å². The number of hydrogen-bond donors (Lipinski definition) is 0. The highest BCUT2D eigenvalue weighted by Gasteiger charge is 2.28. The van der Waals surface area contributed by atoms with E-state index in [4.69, 9.17) is 16.3 Å². The molecule has 11 heteroatoms. The molecule has 0 aliphatic carbocycles. The van der Waals surface area contributed by atoms with Crippen molar-refractivity contribution in [3.8, 4) is 5.75 Å². The molecule has 0 atom stereocenters. The van der Waals surface area contributed by atoms with Crippen molar-refractivity contribution in [2.45, 2.75) is 13.3 Å². The standard InChI is InChI=1S/C21H23ClN4O4S.ClH/c1-4-30-15-7-8-17-19(13-15)31-21(23-17)25(11-5-10-24(2)3)20(27)16-12-14(22)6-9-18(16)26(28)29;/h6-9,12-13H,4-5,10-11H2,1-3H3;1H. The summed E-state index contributed by atoms with van der Waals surface area (Å²) in [6.45, 7) is 3.57. The Hall–Kier alpha value is -2.46. The molecule has 1 aromatic heterocycles. The quantitative estimate of drug-likeness (QED) is 0.294. The van der Waals surface area contributed by atoms with Crippen LogP contribution in [0.2, 0.25) is 5.02 Å². The van der Waals surface area contributed by atoms with Crippen LogP contribution in [0.4, 0.5) is 10.8 Å². The number of carbonyl (C=O) groups excluding carboxylic acids is 1. The minimum atomic E-state index is -0.575. The van der Waals surface area contributed by atoms with E-state index >= 15 is 0 Å². The molecule has 0 aliphatic rings. The summed E-state index contributed by atoms with van der Waals surface area (Å²) in [5.41, 5.74) is 0.387. The average molecular weight is 499 g/mol. The van der Waals surface area contributed by atoms with Gasteiger partial charge in [-0.15, -0.1) is 12.4 Å². The lowest BCUT2D eigenvalue weighted by molar-refractivity contribution is -0.385. The molecular weight excluding hydrogens is 475 g/mol. The fourth-order valence-electron chi connectivity index (χ4n) is 3.08. The SMILES string of the molecule is CCOc1ccc2nc(N(CCCN(C)C)C(=O)c3cc(Cl)ccc3[N+](=O)[O-])sc2c1.Cl. The molecule has 32 heavy (non-hydrogen) atoms. The Morgan fingerprint density at radius 3 is 2.62 bits per heavy atom. The van der Waals surface area contributed by atoms with Gasteiger partial charge in [-0.25, -0.2) is 4.98 Å². The van der Waals surface area contributed by atoms with E-state index in [1.807, 2.05) is 44.1 Å². The van der Waals surface area contributed by atoms with Gasteiger partial charge < -0.3 is 9.64 Å². The molecule has 0 spiro atoms. The van der Waals surface area contributed by atoms with Gasteiger partial charge >= 0.3 is 0 Å². The van der Waals surface area contributed by atoms with Crippen molar-refractivity contribution in [2.24, 2.45) is 0 Å². The summed E-state index contributed by atoms with van der Waals surface area (Å²) in [7, 11) is 3.89. The van der Waals surface area contributed by atoms with Crippen molar-refractivity contribution < 1.29 is 14.5 Å². The fraction of sp³-hybridized carbons (Fsp3) is 0.333. The minimum absolute atomic E-state index is 0. The molecule has 0 N–H and O–H groups in total. The number of nitrogens with zero attached hydrogens (tertiary/aromatic N) is 4. The molecule has 8 nitrogen and oxygen atoms in total. The zero-order valence-corrected chi connectivity index (χ0v) is 20.3. The summed E-state index contributed by atoms with van der Waals surface area (Å²) >= 11 is 7.39. The molecule has 172 valence electrons. The van der Waals surface area contributed by atoms with Crippen molar-refractivity contribution in [1.29, 1.82) is 0 Å². The number of ether oxygens (including phenoxy) is 1. The number of rotatable bonds is 9. The van der Waals surface area contributed by atoms with Crippen LogP contribution in [0.25, 0.3) is 10.2 Å². The molecule has 0 bridgehead atoms. The van der Waals surface area contributed by atoms with Gasteiger partial charge in [0.15, 0.2) is 5.13 Å². The number of nitro groups is 1. The first-order chi connectivity index (χ1) is 14.8. The third-order valence-electron chi connectivity index (χ3n) is 4.51. The molecule has 0 unspecified atom stereocenters. The van der Waals surface area contributed by atoms with Gasteiger partial charge in [0.25, 0.3) is 11.6 Å². The third-order valence-corrected chi connectivity index (χ3v) is 5.78. The van der Waals surface area contributed by atoms with Crippen molar-refractivity contribution in [1.82, 2.24) is 9.88 Å². The molecule has 1 amide bonds. The van der Waals surface area contributed by atoms with Crippen molar-refractivity contribution in [3.63, 3.8) is 0 Å². The molecule has 3 aromatic rings. The average Bonchev–Trinajstić information content (AvgIpc) is 3.13. The van der Waals surface area contributed by atoms with E-state index in [9.17, 15) is 14.9 Å². The molecule has 2 aromatic carbocycles. The molecule has 3 rings (SSSR count). The zero-order valence-electron chi connectivity index (χ0n) is 17.9. The fourth-order valence-corrected chi connectivity index (χ4v) is 4.27. The summed E-state index contributed by atoms with van der Waals surface area (Å²) in [6.07, 6.45) is 0.674. The van der Waals surface area contributed by atoms with Gasteiger partial charge in [0.1, 0.15) is 11.3 Å². The Bertz CT molecular complexity index is 1110. The van der Waals surface area contributed by atoms with Gasteiger partial charge in [-0.1, -0.05) is 22.9 Å². The van der Waals surface area contributed by atoms with Crippen molar-refractivity contribution >= 4 is 62.3 Å². The first kappa shape index (κ1) is 25.8. The highest BCUT2D eigenvalue weighted by atomic mass is 35.5. The molecule has 1 heterocycles. The van der Waals surface area contributed by atoms with Crippen molar-refractivity contribution in [3.05, 3.63) is 57.1 Å². The third kappa shape index (κ3) is 6.07. The summed E-state index contributed by atoms with van der Waals surface area (Å²) < 4.78 is 6.42. The number of hydrogen-bond acceptors (Lipinski definition) is 7. The predicted octanol–water partition coefficient (Wildman–Crippen LogP) is 5.28. The number of fused-ring (bicyclic) bond motifs is 1. The Labute approximate surface area is 201 Å². The molecule has 0 aliphatic heterocycles. The van der Waals surface area contributed by atoms with Gasteiger partial charge in [-0.05, 0) is 64.3 Å². The summed E-state index contributed by atoms with van der Waals surface area (Å²) in [4.78, 5) is 32.5. The Morgan fingerprint density at radius 2 is 1.97 bits per heavy atom. The molecule has 0 radical (unpaired) electrons. The topological polar surface area (TPSA) is 88.8 Å². The van der Waals surface area contributed by atoms with Crippen LogP contribution >= 0.6 is 35.3 Å². The number of amides is 1. The lowest BCUT2D eigenvalue weighted by Crippen LogP contribution is -2.33. The van der Waals surface area contributed by atoms with E-state index in [1.165, 1.54) is 34.4 Å². The lowest BCUT2D eigenvalue weighted by atomic mass is 10.1. The normalized spacial score (nSPS) is 10.8. The van der Waals surface area contributed by atoms with Crippen LogP contribution in [0.3, 0.4) is 0 Å². The molecule has 0 saturated heterocycles. The number of aromatic nitrogens is 1. The maximum Gasteiger partial charge on any atom is 0.282 e. The smallest absolute Gasteiger partial charge is 0.282 e. The van der Waals surface area contributed by atoms with Crippen LogP contribution in [0.5, 0.6) is 5.75 Å². The highest BCUT2D eigenvalue weighted by molar-refractivity contribution is 7.22. The van der Waals surface area contributed by atoms with Gasteiger partial charge in [-0.2, -0.15) is 0 Å². The van der Waals surface area contributed by atoms with E-state index in [2.05, 4.69) is 4.98 Å². The number of carbonyl (C=O) groups is 1. The monoisotopic (exact) mass is 498 g/mol. The number of nitro benzene ring substituents is 1. The van der Waals surface area contributed by atoms with Gasteiger partial charge in [0.05, 0.1) is 21.7 Å². The second kappa shape index (κ2) is 11.4. The maximum atomic E-state index is 13.4. The minimum Gasteiger partial charge on any atom is -0.494 e. The Balaban J connectivity index is 0.00000363. The number of benzene rings is 2. The largest absolute Gasteiger partial charge is 0.494 e. The van der Waals surface area contributed by atoms with E-state index in [0.717, 1.165) is 22.5 Å². The maximum absolute atomic E-state index is 13.4. The first-order valence-electron chi connectivity index (χ1n) is 9.74.